The van der Waals surface area contributed by atoms with Crippen molar-refractivity contribution >= 4 is 27.5 Å². The maximum atomic E-state index is 11.8. The molecule has 0 fully saturated rings. The summed E-state index contributed by atoms with van der Waals surface area (Å²) in [5, 5.41) is 0.448. The van der Waals surface area contributed by atoms with Crippen LogP contribution in [0.1, 0.15) is 19.4 Å². The number of halogens is 1. The quantitative estimate of drug-likeness (QED) is 0.721. The summed E-state index contributed by atoms with van der Waals surface area (Å²) in [4.78, 5) is 0. The molecule has 4 N–H and O–H groups in total. The molecule has 0 unspecified atom stereocenters. The second-order valence-electron chi connectivity index (χ2n) is 4.55. The average Bonchev–Trinajstić information content (AvgIpc) is 2.37. The van der Waals surface area contributed by atoms with Crippen LogP contribution in [0.25, 0.3) is 0 Å². The summed E-state index contributed by atoms with van der Waals surface area (Å²) in [6.07, 6.45) is 0. The molecule has 0 aliphatic heterocycles. The molecule has 0 aliphatic carbocycles. The van der Waals surface area contributed by atoms with Gasteiger partial charge in [0.25, 0.3) is 10.2 Å². The van der Waals surface area contributed by atoms with Gasteiger partial charge in [0.1, 0.15) is 0 Å². The fraction of sp³-hybridized carbons (Fsp3) is 0.385. The van der Waals surface area contributed by atoms with Crippen molar-refractivity contribution in [3.8, 4) is 11.8 Å². The molecule has 7 heteroatoms. The van der Waals surface area contributed by atoms with Crippen LogP contribution in [0.4, 0.5) is 5.69 Å². The molecule has 110 valence electrons. The Labute approximate surface area is 125 Å². The van der Waals surface area contributed by atoms with Crippen molar-refractivity contribution < 1.29 is 8.42 Å². The lowest BCUT2D eigenvalue weighted by atomic mass is 10.2. The molecule has 20 heavy (non-hydrogen) atoms. The highest BCUT2D eigenvalue weighted by Gasteiger charge is 2.11. The van der Waals surface area contributed by atoms with Crippen molar-refractivity contribution in [2.75, 3.05) is 17.8 Å². The minimum atomic E-state index is -3.60. The van der Waals surface area contributed by atoms with Crippen LogP contribution in [0.5, 0.6) is 0 Å². The lowest BCUT2D eigenvalue weighted by molar-refractivity contribution is 0.565. The SMILES string of the molecule is CC(C)CNS(=O)(=O)Nc1ccc(Cl)c(C#CCN)c1. The fourth-order valence-corrected chi connectivity index (χ4v) is 2.53. The van der Waals surface area contributed by atoms with Crippen LogP contribution >= 0.6 is 11.6 Å². The topological polar surface area (TPSA) is 84.2 Å². The summed E-state index contributed by atoms with van der Waals surface area (Å²) in [7, 11) is -3.60. The van der Waals surface area contributed by atoms with Gasteiger partial charge in [-0.1, -0.05) is 37.3 Å². The summed E-state index contributed by atoms with van der Waals surface area (Å²) in [5.74, 6) is 5.69. The summed E-state index contributed by atoms with van der Waals surface area (Å²) in [5.41, 5.74) is 6.22. The second-order valence-corrected chi connectivity index (χ2v) is 6.46. The first-order valence-electron chi connectivity index (χ1n) is 6.10. The van der Waals surface area contributed by atoms with Crippen molar-refractivity contribution in [3.05, 3.63) is 28.8 Å². The number of nitrogens with two attached hydrogens (primary N) is 1. The van der Waals surface area contributed by atoms with E-state index in [-0.39, 0.29) is 12.5 Å². The molecule has 0 saturated heterocycles. The number of benzene rings is 1. The fourth-order valence-electron chi connectivity index (χ4n) is 1.30. The Bertz CT molecular complexity index is 618. The molecule has 0 aromatic heterocycles. The van der Waals surface area contributed by atoms with E-state index in [0.29, 0.717) is 22.8 Å². The smallest absolute Gasteiger partial charge is 0.299 e. The van der Waals surface area contributed by atoms with Crippen molar-refractivity contribution in [1.29, 1.82) is 0 Å². The van der Waals surface area contributed by atoms with Crippen LogP contribution in [0, 0.1) is 17.8 Å². The van der Waals surface area contributed by atoms with Crippen LogP contribution in [0.3, 0.4) is 0 Å². The summed E-state index contributed by atoms with van der Waals surface area (Å²) < 4.78 is 28.5. The van der Waals surface area contributed by atoms with Gasteiger partial charge in [-0.05, 0) is 24.1 Å². The van der Waals surface area contributed by atoms with Gasteiger partial charge in [0.05, 0.1) is 17.3 Å². The van der Waals surface area contributed by atoms with Gasteiger partial charge in [0, 0.05) is 12.1 Å². The zero-order chi connectivity index (χ0) is 15.2. The lowest BCUT2D eigenvalue weighted by Crippen LogP contribution is -2.32. The molecule has 1 aromatic carbocycles. The number of anilines is 1. The van der Waals surface area contributed by atoms with Crippen molar-refractivity contribution in [2.45, 2.75) is 13.8 Å². The molecular weight excluding hydrogens is 298 g/mol. The first-order valence-corrected chi connectivity index (χ1v) is 7.96. The normalized spacial score (nSPS) is 11.1. The van der Waals surface area contributed by atoms with Gasteiger partial charge in [-0.25, -0.2) is 0 Å². The highest BCUT2D eigenvalue weighted by molar-refractivity contribution is 7.90. The van der Waals surface area contributed by atoms with E-state index in [1.165, 1.54) is 0 Å². The largest absolute Gasteiger partial charge is 0.320 e. The van der Waals surface area contributed by atoms with Gasteiger partial charge in [-0.2, -0.15) is 13.1 Å². The highest BCUT2D eigenvalue weighted by atomic mass is 35.5. The molecule has 0 spiro atoms. The second kappa shape index (κ2) is 7.50. The van der Waals surface area contributed by atoms with Gasteiger partial charge in [0.15, 0.2) is 0 Å². The Balaban J connectivity index is 2.88. The minimum absolute atomic E-state index is 0.211. The van der Waals surface area contributed by atoms with E-state index in [1.807, 2.05) is 13.8 Å². The van der Waals surface area contributed by atoms with E-state index in [9.17, 15) is 8.42 Å². The van der Waals surface area contributed by atoms with Crippen LogP contribution < -0.4 is 15.2 Å². The third kappa shape index (κ3) is 5.80. The van der Waals surface area contributed by atoms with Gasteiger partial charge >= 0.3 is 0 Å². The van der Waals surface area contributed by atoms with Gasteiger partial charge in [0.2, 0.25) is 0 Å². The zero-order valence-corrected chi connectivity index (χ0v) is 13.0. The van der Waals surface area contributed by atoms with E-state index in [2.05, 4.69) is 21.3 Å². The Kier molecular flexibility index (Phi) is 6.30. The molecule has 0 atom stereocenters. The summed E-state index contributed by atoms with van der Waals surface area (Å²) in [6, 6.07) is 4.73. The molecule has 0 amide bonds. The minimum Gasteiger partial charge on any atom is -0.320 e. The molecule has 0 radical (unpaired) electrons. The predicted molar refractivity (Wildman–Crippen MR) is 82.8 cm³/mol. The molecule has 0 saturated carbocycles. The molecule has 0 bridgehead atoms. The summed E-state index contributed by atoms with van der Waals surface area (Å²) >= 11 is 5.97. The van der Waals surface area contributed by atoms with Crippen LogP contribution in [-0.4, -0.2) is 21.5 Å². The number of hydrogen-bond donors (Lipinski definition) is 3. The third-order valence-electron chi connectivity index (χ3n) is 2.23. The van der Waals surface area contributed by atoms with E-state index in [4.69, 9.17) is 17.3 Å². The standard InChI is InChI=1S/C13H18ClN3O2S/c1-10(2)9-16-20(18,19)17-12-5-6-13(14)11(8-12)4-3-7-15/h5-6,8,10,16-17H,7,9,15H2,1-2H3. The van der Waals surface area contributed by atoms with Crippen LogP contribution in [-0.2, 0) is 10.2 Å². The van der Waals surface area contributed by atoms with E-state index < -0.39 is 10.2 Å². The summed E-state index contributed by atoms with van der Waals surface area (Å²) in [6.45, 7) is 4.42. The Hall–Kier alpha value is -1.26. The third-order valence-corrected chi connectivity index (χ3v) is 3.61. The molecule has 5 nitrogen and oxygen atoms in total. The Morgan fingerprint density at radius 3 is 2.70 bits per heavy atom. The molecule has 1 rings (SSSR count). The number of rotatable bonds is 5. The van der Waals surface area contributed by atoms with Crippen molar-refractivity contribution in [3.63, 3.8) is 0 Å². The van der Waals surface area contributed by atoms with Gasteiger partial charge in [-0.15, -0.1) is 0 Å². The first-order chi connectivity index (χ1) is 9.34. The van der Waals surface area contributed by atoms with Crippen molar-refractivity contribution in [2.24, 2.45) is 11.7 Å². The Morgan fingerprint density at radius 1 is 1.40 bits per heavy atom. The van der Waals surface area contributed by atoms with Crippen LogP contribution in [0.15, 0.2) is 18.2 Å². The predicted octanol–water partition coefficient (Wildman–Crippen LogP) is 1.55. The van der Waals surface area contributed by atoms with Crippen molar-refractivity contribution in [1.82, 2.24) is 4.72 Å². The maximum absolute atomic E-state index is 11.8. The highest BCUT2D eigenvalue weighted by Crippen LogP contribution is 2.20. The molecular formula is C13H18ClN3O2S. The lowest BCUT2D eigenvalue weighted by Gasteiger charge is -2.11. The first kappa shape index (κ1) is 16.8. The average molecular weight is 316 g/mol. The van der Waals surface area contributed by atoms with E-state index >= 15 is 0 Å². The number of nitrogens with one attached hydrogen (secondary N) is 2. The molecule has 0 aliphatic rings. The Morgan fingerprint density at radius 2 is 2.10 bits per heavy atom. The maximum Gasteiger partial charge on any atom is 0.299 e. The van der Waals surface area contributed by atoms with Gasteiger partial charge in [-0.3, -0.25) is 4.72 Å². The molecule has 0 heterocycles. The van der Waals surface area contributed by atoms with E-state index in [0.717, 1.165) is 0 Å². The number of hydrogen-bond acceptors (Lipinski definition) is 3. The van der Waals surface area contributed by atoms with Gasteiger partial charge < -0.3 is 5.73 Å². The zero-order valence-electron chi connectivity index (χ0n) is 11.4. The van der Waals surface area contributed by atoms with Crippen LogP contribution in [0.2, 0.25) is 5.02 Å². The molecule has 1 aromatic rings. The monoisotopic (exact) mass is 315 g/mol. The van der Waals surface area contributed by atoms with E-state index in [1.54, 1.807) is 18.2 Å².